The lowest BCUT2D eigenvalue weighted by atomic mass is 9.89. The molecule has 1 aliphatic rings. The number of nitrogens with zero attached hydrogens (tertiary/aromatic N) is 5. The molecule has 1 N–H and O–H groups in total. The average Bonchev–Trinajstić information content (AvgIpc) is 3.39. The normalized spacial score (nSPS) is 16.0. The number of pyridine rings is 1. The number of nitrogens with one attached hydrogen (secondary N) is 1. The van der Waals surface area contributed by atoms with Crippen LogP contribution < -0.4 is 0 Å². The highest BCUT2D eigenvalue weighted by Gasteiger charge is 2.49. The van der Waals surface area contributed by atoms with Crippen LogP contribution in [0.15, 0.2) is 30.9 Å². The average molecular weight is 443 g/mol. The first-order valence-corrected chi connectivity index (χ1v) is 11.5. The summed E-state index contributed by atoms with van der Waals surface area (Å²) in [5.41, 5.74) is 1.46. The fourth-order valence-electron chi connectivity index (χ4n) is 3.87. The molecule has 0 unspecified atom stereocenters. The highest BCUT2D eigenvalue weighted by atomic mass is 32.2. The summed E-state index contributed by atoms with van der Waals surface area (Å²) in [7, 11) is -3.34. The molecule has 1 saturated heterocycles. The summed E-state index contributed by atoms with van der Waals surface area (Å²) in [6, 6.07) is 3.97. The van der Waals surface area contributed by atoms with Crippen molar-refractivity contribution in [1.82, 2.24) is 24.1 Å². The van der Waals surface area contributed by atoms with E-state index in [4.69, 9.17) is 4.74 Å². The number of nitriles is 1. The predicted octanol–water partition coefficient (Wildman–Crippen LogP) is 1.88. The monoisotopic (exact) mass is 442 g/mol. The van der Waals surface area contributed by atoms with Crippen molar-refractivity contribution in [2.45, 2.75) is 25.8 Å². The van der Waals surface area contributed by atoms with Crippen molar-refractivity contribution in [2.24, 2.45) is 0 Å². The van der Waals surface area contributed by atoms with E-state index < -0.39 is 21.5 Å². The van der Waals surface area contributed by atoms with E-state index in [1.807, 2.05) is 6.07 Å². The van der Waals surface area contributed by atoms with Crippen LogP contribution in [0.1, 0.15) is 30.6 Å². The second kappa shape index (κ2) is 7.79. The summed E-state index contributed by atoms with van der Waals surface area (Å²) < 4.78 is 32.6. The molecule has 4 heterocycles. The molecule has 10 nitrogen and oxygen atoms in total. The predicted molar refractivity (Wildman–Crippen MR) is 113 cm³/mol. The number of ether oxygens (including phenoxy) is 1. The third-order valence-corrected chi connectivity index (χ3v) is 7.32. The van der Waals surface area contributed by atoms with E-state index in [2.05, 4.69) is 21.1 Å². The molecule has 0 aromatic carbocycles. The Kier molecular flexibility index (Phi) is 5.28. The molecule has 3 aromatic rings. The van der Waals surface area contributed by atoms with Crippen molar-refractivity contribution < 1.29 is 17.9 Å². The Hall–Kier alpha value is -3.23. The lowest BCUT2D eigenvalue weighted by Crippen LogP contribution is -2.64. The number of sulfonamides is 1. The lowest BCUT2D eigenvalue weighted by Gasteiger charge is -2.47. The van der Waals surface area contributed by atoms with Crippen molar-refractivity contribution in [3.8, 4) is 17.2 Å². The minimum Gasteiger partial charge on any atom is -0.462 e. The Balaban J connectivity index is 1.76. The quantitative estimate of drug-likeness (QED) is 0.552. The molecule has 1 aliphatic heterocycles. The van der Waals surface area contributed by atoms with Gasteiger partial charge in [-0.15, -0.1) is 0 Å². The summed E-state index contributed by atoms with van der Waals surface area (Å²) >= 11 is 0. The molecule has 0 atom stereocenters. The van der Waals surface area contributed by atoms with Crippen LogP contribution in [-0.2, 0) is 20.3 Å². The summed E-state index contributed by atoms with van der Waals surface area (Å²) in [5, 5.41) is 14.5. The number of rotatable bonds is 7. The Morgan fingerprint density at radius 2 is 2.13 bits per heavy atom. The van der Waals surface area contributed by atoms with Crippen LogP contribution >= 0.6 is 0 Å². The Bertz CT molecular complexity index is 1280. The lowest BCUT2D eigenvalue weighted by molar-refractivity contribution is 0.0527. The minimum atomic E-state index is -3.34. The van der Waals surface area contributed by atoms with Gasteiger partial charge >= 0.3 is 5.97 Å². The second-order valence-corrected chi connectivity index (χ2v) is 9.67. The van der Waals surface area contributed by atoms with Gasteiger partial charge in [-0.2, -0.15) is 14.7 Å². The molecule has 0 aliphatic carbocycles. The number of carbonyl (C=O) groups excluding carboxylic acids is 1. The van der Waals surface area contributed by atoms with Gasteiger partial charge in [0.25, 0.3) is 0 Å². The SMILES string of the molecule is CCOC(=O)c1cnc2[nH]ccc2c1-c1cnn(C2(CC#N)CN(S(=O)(=O)CC)C2)c1. The number of aromatic nitrogens is 4. The molecule has 0 spiro atoms. The van der Waals surface area contributed by atoms with E-state index in [0.29, 0.717) is 22.3 Å². The Morgan fingerprint density at radius 3 is 2.81 bits per heavy atom. The zero-order valence-electron chi connectivity index (χ0n) is 17.2. The molecule has 162 valence electrons. The third-order valence-electron chi connectivity index (χ3n) is 5.55. The van der Waals surface area contributed by atoms with E-state index in [-0.39, 0.29) is 31.9 Å². The highest BCUT2D eigenvalue weighted by Crippen LogP contribution is 2.37. The zero-order valence-corrected chi connectivity index (χ0v) is 18.0. The Labute approximate surface area is 179 Å². The van der Waals surface area contributed by atoms with Gasteiger partial charge in [0, 0.05) is 48.2 Å². The first-order valence-electron chi connectivity index (χ1n) is 9.88. The molecule has 0 radical (unpaired) electrons. The molecule has 3 aromatic heterocycles. The van der Waals surface area contributed by atoms with Gasteiger partial charge in [0.1, 0.15) is 11.2 Å². The number of aromatic amines is 1. The highest BCUT2D eigenvalue weighted by molar-refractivity contribution is 7.89. The van der Waals surface area contributed by atoms with E-state index in [1.54, 1.807) is 37.1 Å². The van der Waals surface area contributed by atoms with Crippen molar-refractivity contribution >= 4 is 27.0 Å². The largest absolute Gasteiger partial charge is 0.462 e. The van der Waals surface area contributed by atoms with Crippen LogP contribution in [-0.4, -0.2) is 63.9 Å². The summed E-state index contributed by atoms with van der Waals surface area (Å²) in [6.07, 6.45) is 6.67. The zero-order chi connectivity index (χ0) is 22.2. The van der Waals surface area contributed by atoms with Crippen molar-refractivity contribution in [2.75, 3.05) is 25.4 Å². The topological polar surface area (TPSA) is 134 Å². The van der Waals surface area contributed by atoms with E-state index in [1.165, 1.54) is 10.5 Å². The summed E-state index contributed by atoms with van der Waals surface area (Å²) in [5.74, 6) is -0.484. The standard InChI is InChI=1S/C20H22N6O4S/c1-3-30-19(27)16-10-23-18-15(5-8-22-18)17(16)14-9-24-26(11-14)20(6-7-21)12-25(13-20)31(28,29)4-2/h5,8-11H,3-4,6,12-13H2,1-2H3,(H,22,23). The summed E-state index contributed by atoms with van der Waals surface area (Å²) in [6.45, 7) is 3.91. The molecule has 0 amide bonds. The maximum Gasteiger partial charge on any atom is 0.340 e. The number of H-pyrrole nitrogens is 1. The van der Waals surface area contributed by atoms with E-state index in [0.717, 1.165) is 5.39 Å². The van der Waals surface area contributed by atoms with E-state index in [9.17, 15) is 18.5 Å². The Morgan fingerprint density at radius 1 is 1.35 bits per heavy atom. The van der Waals surface area contributed by atoms with Crippen LogP contribution in [0.25, 0.3) is 22.2 Å². The van der Waals surface area contributed by atoms with Gasteiger partial charge in [0.2, 0.25) is 10.0 Å². The molecule has 31 heavy (non-hydrogen) atoms. The van der Waals surface area contributed by atoms with Gasteiger partial charge < -0.3 is 9.72 Å². The van der Waals surface area contributed by atoms with Crippen LogP contribution in [0.2, 0.25) is 0 Å². The van der Waals surface area contributed by atoms with Gasteiger partial charge in [0.15, 0.2) is 0 Å². The maximum absolute atomic E-state index is 12.5. The van der Waals surface area contributed by atoms with Crippen LogP contribution in [0.5, 0.6) is 0 Å². The summed E-state index contributed by atoms with van der Waals surface area (Å²) in [4.78, 5) is 19.9. The number of hydrogen-bond acceptors (Lipinski definition) is 7. The number of hydrogen-bond donors (Lipinski definition) is 1. The smallest absolute Gasteiger partial charge is 0.340 e. The van der Waals surface area contributed by atoms with Crippen molar-refractivity contribution in [1.29, 1.82) is 5.26 Å². The molecule has 0 bridgehead atoms. The molecular formula is C20H22N6O4S. The molecule has 1 fully saturated rings. The van der Waals surface area contributed by atoms with Gasteiger partial charge in [-0.25, -0.2) is 18.2 Å². The molecule has 0 saturated carbocycles. The minimum absolute atomic E-state index is 0.00534. The number of esters is 1. The van der Waals surface area contributed by atoms with Crippen LogP contribution in [0.4, 0.5) is 0 Å². The van der Waals surface area contributed by atoms with Gasteiger partial charge in [-0.05, 0) is 19.9 Å². The fourth-order valence-corrected chi connectivity index (χ4v) is 5.11. The maximum atomic E-state index is 12.5. The van der Waals surface area contributed by atoms with Crippen molar-refractivity contribution in [3.63, 3.8) is 0 Å². The number of carbonyl (C=O) groups is 1. The van der Waals surface area contributed by atoms with Crippen LogP contribution in [0, 0.1) is 11.3 Å². The third kappa shape index (κ3) is 3.47. The van der Waals surface area contributed by atoms with Crippen molar-refractivity contribution in [3.05, 3.63) is 36.4 Å². The number of fused-ring (bicyclic) bond motifs is 1. The van der Waals surface area contributed by atoms with Gasteiger partial charge in [0.05, 0.1) is 36.6 Å². The second-order valence-electron chi connectivity index (χ2n) is 7.41. The fraction of sp³-hybridized carbons (Fsp3) is 0.400. The van der Waals surface area contributed by atoms with Crippen LogP contribution in [0.3, 0.4) is 0 Å². The molecular weight excluding hydrogens is 420 g/mol. The van der Waals surface area contributed by atoms with Gasteiger partial charge in [-0.1, -0.05) is 0 Å². The molecule has 11 heteroatoms. The van der Waals surface area contributed by atoms with E-state index >= 15 is 0 Å². The first-order chi connectivity index (χ1) is 14.8. The first kappa shape index (κ1) is 21.0. The van der Waals surface area contributed by atoms with Gasteiger partial charge in [-0.3, -0.25) is 4.68 Å². The molecule has 4 rings (SSSR count).